The highest BCUT2D eigenvalue weighted by Crippen LogP contribution is 2.34. The van der Waals surface area contributed by atoms with E-state index in [-0.39, 0.29) is 29.8 Å². The Labute approximate surface area is 232 Å². The van der Waals surface area contributed by atoms with Gasteiger partial charge in [-0.05, 0) is 43.0 Å². The van der Waals surface area contributed by atoms with Crippen molar-refractivity contribution in [1.82, 2.24) is 24.6 Å². The van der Waals surface area contributed by atoms with E-state index in [4.69, 9.17) is 10.8 Å². The highest BCUT2D eigenvalue weighted by atomic mass is 19.4. The molecule has 1 amide bonds. The first kappa shape index (κ1) is 27.9. The number of nitrogens with zero attached hydrogens (tertiary/aromatic N) is 5. The topological polar surface area (TPSA) is 107 Å². The Morgan fingerprint density at radius 2 is 1.88 bits per heavy atom. The molecule has 1 saturated heterocycles. The summed E-state index contributed by atoms with van der Waals surface area (Å²) in [6.07, 6.45) is -0.261. The van der Waals surface area contributed by atoms with Crippen molar-refractivity contribution in [2.24, 2.45) is 0 Å². The molecule has 1 aliphatic rings. The van der Waals surface area contributed by atoms with Gasteiger partial charge < -0.3 is 10.6 Å². The van der Waals surface area contributed by atoms with Gasteiger partial charge in [0, 0.05) is 30.6 Å². The summed E-state index contributed by atoms with van der Waals surface area (Å²) in [5.74, 6) is -1.81. The number of amides is 1. The summed E-state index contributed by atoms with van der Waals surface area (Å²) in [5, 5.41) is 5.43. The molecule has 1 aliphatic heterocycles. The number of halogens is 4. The van der Waals surface area contributed by atoms with Crippen LogP contribution >= 0.6 is 0 Å². The van der Waals surface area contributed by atoms with Gasteiger partial charge in [0.2, 0.25) is 5.91 Å². The number of rotatable bonds is 7. The number of alkyl halides is 3. The molecule has 0 saturated carbocycles. The third-order valence-corrected chi connectivity index (χ3v) is 7.21. The lowest BCUT2D eigenvalue weighted by molar-refractivity contribution is -0.140. The van der Waals surface area contributed by atoms with Crippen molar-refractivity contribution < 1.29 is 27.2 Å². The molecule has 2 aromatic heterocycles. The first-order valence-corrected chi connectivity index (χ1v) is 13.0. The highest BCUT2D eigenvalue weighted by Gasteiger charge is 2.34. The van der Waals surface area contributed by atoms with Crippen molar-refractivity contribution in [3.63, 3.8) is 0 Å². The maximum atomic E-state index is 13.9. The van der Waals surface area contributed by atoms with Gasteiger partial charge in [0.05, 0.1) is 17.0 Å². The van der Waals surface area contributed by atoms with E-state index in [1.807, 2.05) is 24.3 Å². The number of carbonyl (C=O) groups excluding carboxylic acids is 2. The fraction of sp³-hybridized carbons (Fsp3) is 0.276. The van der Waals surface area contributed by atoms with Crippen LogP contribution in [0.25, 0.3) is 22.3 Å². The maximum absolute atomic E-state index is 13.9. The molecule has 41 heavy (non-hydrogen) atoms. The lowest BCUT2D eigenvalue weighted by atomic mass is 10.00. The predicted molar refractivity (Wildman–Crippen MR) is 144 cm³/mol. The second kappa shape index (κ2) is 11.1. The molecule has 1 atom stereocenters. The van der Waals surface area contributed by atoms with E-state index in [0.717, 1.165) is 30.0 Å². The van der Waals surface area contributed by atoms with Crippen LogP contribution in [-0.4, -0.2) is 49.4 Å². The van der Waals surface area contributed by atoms with E-state index in [9.17, 15) is 27.2 Å². The minimum atomic E-state index is -4.83. The van der Waals surface area contributed by atoms with Crippen LogP contribution in [0.1, 0.15) is 46.8 Å². The zero-order valence-electron chi connectivity index (χ0n) is 21.9. The number of nitrogens with two attached hydrogens (primary N) is 1. The number of piperidine rings is 1. The van der Waals surface area contributed by atoms with Crippen LogP contribution < -0.4 is 5.73 Å². The van der Waals surface area contributed by atoms with E-state index in [0.29, 0.717) is 48.4 Å². The van der Waals surface area contributed by atoms with Crippen LogP contribution in [0, 0.1) is 5.82 Å². The minimum absolute atomic E-state index is 0.00982. The fourth-order valence-corrected chi connectivity index (χ4v) is 5.09. The highest BCUT2D eigenvalue weighted by molar-refractivity contribution is 5.98. The van der Waals surface area contributed by atoms with Gasteiger partial charge in [0.25, 0.3) is 0 Å². The summed E-state index contributed by atoms with van der Waals surface area (Å²) in [4.78, 5) is 35.0. The van der Waals surface area contributed by atoms with Gasteiger partial charge in [0.1, 0.15) is 23.7 Å². The van der Waals surface area contributed by atoms with Gasteiger partial charge in [-0.25, -0.2) is 19.0 Å². The number of nitrogen functional groups attached to an aromatic ring is 1. The Hall–Kier alpha value is -4.61. The van der Waals surface area contributed by atoms with Crippen LogP contribution in [-0.2, 0) is 17.4 Å². The monoisotopic (exact) mass is 566 g/mol. The number of benzene rings is 2. The molecule has 2 N–H and O–H groups in total. The average Bonchev–Trinajstić information content (AvgIpc) is 3.36. The SMILES string of the molecule is C=CC(=O)N1CCC[C@@H](n2nc(-c3ccc(CCC(=O)c4ccc(C(F)(F)F)c(F)c4)cc3)c3c(N)ncnc32)C1. The fourth-order valence-electron chi connectivity index (χ4n) is 5.09. The molecular weight excluding hydrogens is 540 g/mol. The molecule has 12 heteroatoms. The molecule has 0 bridgehead atoms. The Morgan fingerprint density at radius 1 is 1.12 bits per heavy atom. The standard InChI is InChI=1S/C29H26F4N6O2/c1-2-24(41)38-13-3-4-20(15-38)39-28-25(27(34)35-16-36-28)26(37-39)18-8-5-17(6-9-18)7-12-23(40)19-10-11-21(22(30)14-19)29(31,32)33/h2,5-6,8-11,14,16,20H,1,3-4,7,12-13,15H2,(H2,34,35,36)/t20-/m1/s1. The van der Waals surface area contributed by atoms with Crippen molar-refractivity contribution in [3.05, 3.63) is 84.0 Å². The maximum Gasteiger partial charge on any atom is 0.419 e. The molecule has 0 spiro atoms. The molecule has 212 valence electrons. The lowest BCUT2D eigenvalue weighted by Crippen LogP contribution is -2.40. The van der Waals surface area contributed by atoms with E-state index in [1.165, 1.54) is 12.4 Å². The Kier molecular flexibility index (Phi) is 7.57. The first-order valence-electron chi connectivity index (χ1n) is 13.0. The number of Topliss-reactive ketones (excluding diaryl/α,β-unsaturated/α-hetero) is 1. The molecule has 2 aromatic carbocycles. The Bertz CT molecular complexity index is 1630. The molecule has 4 aromatic rings. The van der Waals surface area contributed by atoms with Gasteiger partial charge in [-0.15, -0.1) is 0 Å². The van der Waals surface area contributed by atoms with E-state index in [2.05, 4.69) is 16.5 Å². The number of likely N-dealkylation sites (tertiary alicyclic amines) is 1. The summed E-state index contributed by atoms with van der Waals surface area (Å²) in [5.41, 5.74) is 7.39. The van der Waals surface area contributed by atoms with Gasteiger partial charge >= 0.3 is 6.18 Å². The Morgan fingerprint density at radius 3 is 2.56 bits per heavy atom. The molecule has 0 unspecified atom stereocenters. The number of anilines is 1. The molecule has 3 heterocycles. The van der Waals surface area contributed by atoms with Crippen LogP contribution in [0.2, 0.25) is 0 Å². The third kappa shape index (κ3) is 5.67. The number of fused-ring (bicyclic) bond motifs is 1. The molecule has 8 nitrogen and oxygen atoms in total. The van der Waals surface area contributed by atoms with Crippen molar-refractivity contribution in [3.8, 4) is 11.3 Å². The van der Waals surface area contributed by atoms with E-state index >= 15 is 0 Å². The van der Waals surface area contributed by atoms with Gasteiger partial charge in [0.15, 0.2) is 11.4 Å². The second-order valence-corrected chi connectivity index (χ2v) is 9.85. The van der Waals surface area contributed by atoms with Gasteiger partial charge in [-0.3, -0.25) is 9.59 Å². The number of carbonyl (C=O) groups is 2. The zero-order valence-corrected chi connectivity index (χ0v) is 21.9. The van der Waals surface area contributed by atoms with Crippen molar-refractivity contribution in [2.75, 3.05) is 18.8 Å². The summed E-state index contributed by atoms with van der Waals surface area (Å²) < 4.78 is 54.1. The second-order valence-electron chi connectivity index (χ2n) is 9.85. The quantitative estimate of drug-likeness (QED) is 0.182. The van der Waals surface area contributed by atoms with Gasteiger partial charge in [-0.2, -0.15) is 18.3 Å². The molecule has 1 fully saturated rings. The summed E-state index contributed by atoms with van der Waals surface area (Å²) in [6, 6.07) is 9.36. The summed E-state index contributed by atoms with van der Waals surface area (Å²) >= 11 is 0. The number of aromatic nitrogens is 4. The average molecular weight is 567 g/mol. The summed E-state index contributed by atoms with van der Waals surface area (Å²) in [6.45, 7) is 4.68. The largest absolute Gasteiger partial charge is 0.419 e. The minimum Gasteiger partial charge on any atom is -0.383 e. The van der Waals surface area contributed by atoms with Crippen LogP contribution in [0.4, 0.5) is 23.4 Å². The first-order chi connectivity index (χ1) is 19.6. The van der Waals surface area contributed by atoms with Crippen LogP contribution in [0.15, 0.2) is 61.4 Å². The smallest absolute Gasteiger partial charge is 0.383 e. The summed E-state index contributed by atoms with van der Waals surface area (Å²) in [7, 11) is 0. The van der Waals surface area contributed by atoms with E-state index in [1.54, 1.807) is 9.58 Å². The molecular formula is C29H26F4N6O2. The zero-order chi connectivity index (χ0) is 29.3. The van der Waals surface area contributed by atoms with Crippen LogP contribution in [0.3, 0.4) is 0 Å². The number of hydrogen-bond acceptors (Lipinski definition) is 6. The van der Waals surface area contributed by atoms with Crippen molar-refractivity contribution in [2.45, 2.75) is 37.9 Å². The predicted octanol–water partition coefficient (Wildman–Crippen LogP) is 5.40. The van der Waals surface area contributed by atoms with E-state index < -0.39 is 23.3 Å². The third-order valence-electron chi connectivity index (χ3n) is 7.21. The number of hydrogen-bond donors (Lipinski definition) is 1. The number of ketones is 1. The normalized spacial score (nSPS) is 15.7. The molecule has 0 aliphatic carbocycles. The lowest BCUT2D eigenvalue weighted by Gasteiger charge is -2.32. The Balaban J connectivity index is 1.35. The van der Waals surface area contributed by atoms with Crippen molar-refractivity contribution >= 4 is 28.5 Å². The molecule has 5 rings (SSSR count). The van der Waals surface area contributed by atoms with Gasteiger partial charge in [-0.1, -0.05) is 36.9 Å². The molecule has 0 radical (unpaired) electrons. The van der Waals surface area contributed by atoms with Crippen LogP contribution in [0.5, 0.6) is 0 Å². The van der Waals surface area contributed by atoms with Crippen molar-refractivity contribution in [1.29, 1.82) is 0 Å². The number of aryl methyl sites for hydroxylation is 1.